The molecule has 0 aliphatic carbocycles. The number of rotatable bonds is 2. The van der Waals surface area contributed by atoms with Crippen molar-refractivity contribution in [1.29, 1.82) is 0 Å². The number of pyridine rings is 1. The van der Waals surface area contributed by atoms with Gasteiger partial charge in [0.1, 0.15) is 0 Å². The van der Waals surface area contributed by atoms with Gasteiger partial charge in [-0.2, -0.15) is 13.2 Å². The highest BCUT2D eigenvalue weighted by Crippen LogP contribution is 2.41. The predicted molar refractivity (Wildman–Crippen MR) is 118 cm³/mol. The molecule has 7 heteroatoms. The first kappa shape index (κ1) is 20.5. The molecule has 0 atom stereocenters. The Bertz CT molecular complexity index is 1540. The van der Waals surface area contributed by atoms with Gasteiger partial charge in [-0.25, -0.2) is 8.42 Å². The van der Waals surface area contributed by atoms with Crippen LogP contribution in [0.5, 0.6) is 0 Å². The third-order valence-electron chi connectivity index (χ3n) is 5.61. The standard InChI is InChI=1S/C25H16F3NO2S/c1-15-13-29-24-19(9-5-10-21(24)25(26,27)28)23(15)17-7-4-6-16(12-17)20-14-32(30,31)22-11-3-2-8-18(20)22/h2-14H,1H3. The highest BCUT2D eigenvalue weighted by atomic mass is 32.2. The van der Waals surface area contributed by atoms with E-state index in [1.807, 2.05) is 6.07 Å². The van der Waals surface area contributed by atoms with Gasteiger partial charge in [-0.15, -0.1) is 0 Å². The summed E-state index contributed by atoms with van der Waals surface area (Å²) in [5.74, 6) is 0. The van der Waals surface area contributed by atoms with Crippen molar-refractivity contribution in [2.75, 3.05) is 0 Å². The first-order chi connectivity index (χ1) is 15.2. The summed E-state index contributed by atoms with van der Waals surface area (Å²) in [5, 5.41) is 1.64. The van der Waals surface area contributed by atoms with Gasteiger partial charge in [-0.3, -0.25) is 4.98 Å². The summed E-state index contributed by atoms with van der Waals surface area (Å²) in [7, 11) is -3.54. The van der Waals surface area contributed by atoms with Crippen LogP contribution in [-0.2, 0) is 16.0 Å². The number of para-hydroxylation sites is 1. The maximum absolute atomic E-state index is 13.5. The molecule has 0 radical (unpaired) electrons. The second-order valence-corrected chi connectivity index (χ2v) is 9.43. The van der Waals surface area contributed by atoms with Crippen LogP contribution in [-0.4, -0.2) is 13.4 Å². The van der Waals surface area contributed by atoms with Crippen molar-refractivity contribution >= 4 is 26.3 Å². The number of aryl methyl sites for hydroxylation is 1. The van der Waals surface area contributed by atoms with Gasteiger partial charge in [0.25, 0.3) is 0 Å². The molecule has 1 aromatic heterocycles. The van der Waals surface area contributed by atoms with E-state index in [0.29, 0.717) is 33.2 Å². The highest BCUT2D eigenvalue weighted by Gasteiger charge is 2.33. The molecule has 0 spiro atoms. The molecule has 0 unspecified atom stereocenters. The minimum absolute atomic E-state index is 0.112. The molecule has 3 aromatic carbocycles. The summed E-state index contributed by atoms with van der Waals surface area (Å²) in [5.41, 5.74) is 3.00. The SMILES string of the molecule is Cc1cnc2c(C(F)(F)F)cccc2c1-c1cccc(C2=CS(=O)(=O)c3ccccc32)c1. The van der Waals surface area contributed by atoms with Crippen molar-refractivity contribution in [1.82, 2.24) is 4.98 Å². The van der Waals surface area contributed by atoms with Gasteiger partial charge in [-0.1, -0.05) is 48.5 Å². The number of aromatic nitrogens is 1. The third-order valence-corrected chi connectivity index (χ3v) is 7.13. The van der Waals surface area contributed by atoms with Crippen LogP contribution in [0.3, 0.4) is 0 Å². The Kier molecular flexibility index (Phi) is 4.49. The van der Waals surface area contributed by atoms with Crippen LogP contribution >= 0.6 is 0 Å². The fraction of sp³-hybridized carbons (Fsp3) is 0.0800. The molecule has 0 bridgehead atoms. The van der Waals surface area contributed by atoms with Gasteiger partial charge < -0.3 is 0 Å². The monoisotopic (exact) mass is 451 g/mol. The van der Waals surface area contributed by atoms with Crippen LogP contribution in [0.25, 0.3) is 27.6 Å². The number of sulfone groups is 1. The average Bonchev–Trinajstić information content (AvgIpc) is 3.04. The number of benzene rings is 3. The Hall–Kier alpha value is -3.45. The largest absolute Gasteiger partial charge is 0.418 e. The maximum atomic E-state index is 13.5. The maximum Gasteiger partial charge on any atom is 0.418 e. The summed E-state index contributed by atoms with van der Waals surface area (Å²) in [6.07, 6.45) is -3.08. The highest BCUT2D eigenvalue weighted by molar-refractivity contribution is 7.95. The molecular weight excluding hydrogens is 435 g/mol. The molecule has 4 aromatic rings. The van der Waals surface area contributed by atoms with Gasteiger partial charge in [0.2, 0.25) is 9.84 Å². The quantitative estimate of drug-likeness (QED) is 0.354. The van der Waals surface area contributed by atoms with Crippen molar-refractivity contribution in [2.24, 2.45) is 0 Å². The predicted octanol–water partition coefficient (Wildman–Crippen LogP) is 6.41. The van der Waals surface area contributed by atoms with E-state index in [1.54, 1.807) is 55.5 Å². The van der Waals surface area contributed by atoms with Crippen molar-refractivity contribution in [3.63, 3.8) is 0 Å². The van der Waals surface area contributed by atoms with Crippen molar-refractivity contribution in [2.45, 2.75) is 18.0 Å². The van der Waals surface area contributed by atoms with E-state index in [0.717, 1.165) is 11.6 Å². The topological polar surface area (TPSA) is 47.0 Å². The molecule has 0 saturated carbocycles. The second kappa shape index (κ2) is 7.03. The fourth-order valence-corrected chi connectivity index (χ4v) is 5.67. The summed E-state index contributed by atoms with van der Waals surface area (Å²) in [6, 6.07) is 18.0. The lowest BCUT2D eigenvalue weighted by Crippen LogP contribution is -2.07. The van der Waals surface area contributed by atoms with Crippen molar-refractivity contribution < 1.29 is 21.6 Å². The molecule has 5 rings (SSSR count). The zero-order valence-electron chi connectivity index (χ0n) is 16.8. The number of nitrogens with zero attached hydrogens (tertiary/aromatic N) is 1. The molecule has 160 valence electrons. The lowest BCUT2D eigenvalue weighted by Gasteiger charge is -2.15. The normalized spacial score (nSPS) is 14.9. The first-order valence-corrected chi connectivity index (χ1v) is 11.3. The van der Waals surface area contributed by atoms with E-state index in [9.17, 15) is 21.6 Å². The zero-order chi connectivity index (χ0) is 22.7. The Morgan fingerprint density at radius 2 is 1.59 bits per heavy atom. The van der Waals surface area contributed by atoms with Crippen molar-refractivity contribution in [3.05, 3.63) is 101 Å². The van der Waals surface area contributed by atoms with E-state index in [-0.39, 0.29) is 10.4 Å². The van der Waals surface area contributed by atoms with Crippen LogP contribution < -0.4 is 0 Å². The zero-order valence-corrected chi connectivity index (χ0v) is 17.6. The number of alkyl halides is 3. The van der Waals surface area contributed by atoms with Crippen molar-refractivity contribution in [3.8, 4) is 11.1 Å². The van der Waals surface area contributed by atoms with Crippen LogP contribution in [0.15, 0.2) is 83.2 Å². The van der Waals surface area contributed by atoms with Gasteiger partial charge in [-0.05, 0) is 47.4 Å². The molecule has 1 aliphatic rings. The lowest BCUT2D eigenvalue weighted by atomic mass is 9.92. The van der Waals surface area contributed by atoms with Gasteiger partial charge in [0, 0.05) is 28.1 Å². The molecule has 3 nitrogen and oxygen atoms in total. The van der Waals surface area contributed by atoms with Crippen LogP contribution in [0.2, 0.25) is 0 Å². The molecule has 0 amide bonds. The molecule has 0 N–H and O–H groups in total. The Labute approximate surface area is 182 Å². The minimum atomic E-state index is -4.52. The lowest BCUT2D eigenvalue weighted by molar-refractivity contribution is -0.136. The molecule has 0 fully saturated rings. The summed E-state index contributed by atoms with van der Waals surface area (Å²) >= 11 is 0. The van der Waals surface area contributed by atoms with E-state index in [2.05, 4.69) is 4.98 Å². The average molecular weight is 451 g/mol. The fourth-order valence-electron chi connectivity index (χ4n) is 4.22. The van der Waals surface area contributed by atoms with Gasteiger partial charge >= 0.3 is 6.18 Å². The minimum Gasteiger partial charge on any atom is -0.255 e. The number of fused-ring (bicyclic) bond motifs is 2. The van der Waals surface area contributed by atoms with E-state index < -0.39 is 21.6 Å². The molecule has 2 heterocycles. The number of hydrogen-bond donors (Lipinski definition) is 0. The van der Waals surface area contributed by atoms with E-state index in [4.69, 9.17) is 0 Å². The summed E-state index contributed by atoms with van der Waals surface area (Å²) in [6.45, 7) is 1.79. The van der Waals surface area contributed by atoms with Crippen LogP contribution in [0, 0.1) is 6.92 Å². The Morgan fingerprint density at radius 1 is 0.875 bits per heavy atom. The van der Waals surface area contributed by atoms with Gasteiger partial charge in [0.05, 0.1) is 16.0 Å². The Balaban J connectivity index is 1.73. The first-order valence-electron chi connectivity index (χ1n) is 9.79. The summed E-state index contributed by atoms with van der Waals surface area (Å²) < 4.78 is 65.7. The molecule has 0 saturated heterocycles. The van der Waals surface area contributed by atoms with E-state index >= 15 is 0 Å². The second-order valence-electron chi connectivity index (χ2n) is 7.67. The van der Waals surface area contributed by atoms with Crippen LogP contribution in [0.4, 0.5) is 13.2 Å². The smallest absolute Gasteiger partial charge is 0.255 e. The Morgan fingerprint density at radius 3 is 2.38 bits per heavy atom. The van der Waals surface area contributed by atoms with Crippen LogP contribution in [0.1, 0.15) is 22.3 Å². The van der Waals surface area contributed by atoms with E-state index in [1.165, 1.54) is 17.7 Å². The van der Waals surface area contributed by atoms with Gasteiger partial charge in [0.15, 0.2) is 0 Å². The molecule has 32 heavy (non-hydrogen) atoms. The third kappa shape index (κ3) is 3.20. The number of halogens is 3. The number of hydrogen-bond acceptors (Lipinski definition) is 3. The molecular formula is C25H16F3NO2S. The summed E-state index contributed by atoms with van der Waals surface area (Å²) in [4.78, 5) is 4.32. The molecule has 1 aliphatic heterocycles.